The number of hydrogen-bond donors (Lipinski definition) is 2. The lowest BCUT2D eigenvalue weighted by Crippen LogP contribution is -2.44. The minimum absolute atomic E-state index is 0.0580. The Kier molecular flexibility index (Phi) is 7.53. The second-order valence-electron chi connectivity index (χ2n) is 12.0. The normalized spacial score (nSPS) is 31.4. The van der Waals surface area contributed by atoms with Gasteiger partial charge in [-0.25, -0.2) is 0 Å². The highest BCUT2D eigenvalue weighted by atomic mass is 16.3. The lowest BCUT2D eigenvalue weighted by atomic mass is 9.51. The van der Waals surface area contributed by atoms with Crippen molar-refractivity contribution in [1.82, 2.24) is 0 Å². The Morgan fingerprint density at radius 1 is 1.03 bits per heavy atom. The third-order valence-corrected chi connectivity index (χ3v) is 9.95. The minimum atomic E-state index is 0.0580. The highest BCUT2D eigenvalue weighted by Gasteiger charge is 2.57. The molecule has 0 amide bonds. The van der Waals surface area contributed by atoms with E-state index < -0.39 is 0 Å². The quantitative estimate of drug-likeness (QED) is 0.376. The van der Waals surface area contributed by atoms with Crippen molar-refractivity contribution in [3.05, 3.63) is 52.6 Å². The van der Waals surface area contributed by atoms with Gasteiger partial charge in [-0.2, -0.15) is 0 Å². The molecular weight excluding hydrogens is 446 g/mol. The summed E-state index contributed by atoms with van der Waals surface area (Å²) in [6.45, 7) is 5.46. The van der Waals surface area contributed by atoms with Crippen molar-refractivity contribution in [1.29, 1.82) is 0 Å². The van der Waals surface area contributed by atoms with E-state index in [1.807, 2.05) is 6.08 Å². The molecule has 0 saturated heterocycles. The number of carbonyl (C=O) groups excluding carboxylic acids is 2. The van der Waals surface area contributed by atoms with Gasteiger partial charge in [0, 0.05) is 37.1 Å². The van der Waals surface area contributed by atoms with Crippen LogP contribution in [0.3, 0.4) is 0 Å². The fourth-order valence-corrected chi connectivity index (χ4v) is 8.28. The van der Waals surface area contributed by atoms with Gasteiger partial charge in [-0.15, -0.1) is 0 Å². The first kappa shape index (κ1) is 25.4. The van der Waals surface area contributed by atoms with E-state index in [2.05, 4.69) is 36.5 Å². The number of ketones is 2. The number of allylic oxidation sites excluding steroid dienone is 4. The number of anilines is 1. The maximum absolute atomic E-state index is 12.7. The number of carbonyl (C=O) groups is 2. The molecule has 0 radical (unpaired) electrons. The Balaban J connectivity index is 1.43. The van der Waals surface area contributed by atoms with Gasteiger partial charge in [0.05, 0.1) is 0 Å². The first-order valence-electron chi connectivity index (χ1n) is 14.3. The van der Waals surface area contributed by atoms with Crippen LogP contribution in [0.15, 0.2) is 47.1 Å². The van der Waals surface area contributed by atoms with Gasteiger partial charge in [0.25, 0.3) is 0 Å². The standard InChI is InChI=1S/C32H43NO3/c1-21(35)29-15-16-30-27-13-9-23-19-25(36)12-14-26(23)31(27)28(20-32(29,30)2)22-7-10-24(11-8-22)33-17-5-3-4-6-18-34/h7-8,10-11,19,27-30,33-34H,3-6,9,12-18,20H2,1-2H3/t27?,28-,29-,30?,32-/m1/s1. The van der Waals surface area contributed by atoms with Crippen LogP contribution >= 0.6 is 0 Å². The summed E-state index contributed by atoms with van der Waals surface area (Å²) in [6.07, 6.45) is 13.1. The van der Waals surface area contributed by atoms with E-state index in [0.717, 1.165) is 76.4 Å². The van der Waals surface area contributed by atoms with E-state index in [0.29, 0.717) is 30.0 Å². The van der Waals surface area contributed by atoms with Gasteiger partial charge in [0.2, 0.25) is 0 Å². The Bertz CT molecular complexity index is 1050. The molecule has 5 rings (SSSR count). The Labute approximate surface area is 216 Å². The first-order chi connectivity index (χ1) is 17.4. The van der Waals surface area contributed by atoms with Crippen LogP contribution in [-0.4, -0.2) is 29.8 Å². The smallest absolute Gasteiger partial charge is 0.156 e. The molecule has 5 atom stereocenters. The second kappa shape index (κ2) is 10.7. The summed E-state index contributed by atoms with van der Waals surface area (Å²) in [5.41, 5.74) is 6.97. The fourth-order valence-electron chi connectivity index (χ4n) is 8.28. The third-order valence-electron chi connectivity index (χ3n) is 9.95. The van der Waals surface area contributed by atoms with Crippen LogP contribution < -0.4 is 5.32 Å². The molecule has 0 aromatic heterocycles. The maximum atomic E-state index is 12.7. The fraction of sp³-hybridized carbons (Fsp3) is 0.625. The van der Waals surface area contributed by atoms with E-state index >= 15 is 0 Å². The number of hydrogen-bond acceptors (Lipinski definition) is 4. The molecule has 4 aliphatic carbocycles. The molecule has 194 valence electrons. The number of nitrogens with one attached hydrogen (secondary N) is 1. The molecule has 2 fully saturated rings. The lowest BCUT2D eigenvalue weighted by Gasteiger charge is -2.52. The summed E-state index contributed by atoms with van der Waals surface area (Å²) in [6, 6.07) is 9.05. The number of rotatable bonds is 9. The zero-order valence-corrected chi connectivity index (χ0v) is 22.2. The van der Waals surface area contributed by atoms with E-state index in [1.165, 1.54) is 16.7 Å². The number of aliphatic hydroxyl groups is 1. The summed E-state index contributed by atoms with van der Waals surface area (Å²) < 4.78 is 0. The highest BCUT2D eigenvalue weighted by Crippen LogP contribution is 2.65. The summed E-state index contributed by atoms with van der Waals surface area (Å²) >= 11 is 0. The highest BCUT2D eigenvalue weighted by molar-refractivity contribution is 5.93. The SMILES string of the molecule is CC(=O)[C@H]1CCC2C3CCC4=CC(=O)CCC4=C3[C@@H](c3ccc(NCCCCCCO)cc3)C[C@@]21C. The lowest BCUT2D eigenvalue weighted by molar-refractivity contribution is -0.125. The largest absolute Gasteiger partial charge is 0.396 e. The molecule has 0 spiro atoms. The molecule has 36 heavy (non-hydrogen) atoms. The summed E-state index contributed by atoms with van der Waals surface area (Å²) in [7, 11) is 0. The monoisotopic (exact) mass is 489 g/mol. The van der Waals surface area contributed by atoms with Gasteiger partial charge in [-0.3, -0.25) is 9.59 Å². The van der Waals surface area contributed by atoms with Crippen molar-refractivity contribution in [2.24, 2.45) is 23.2 Å². The van der Waals surface area contributed by atoms with E-state index in [4.69, 9.17) is 5.11 Å². The predicted octanol–water partition coefficient (Wildman–Crippen LogP) is 6.76. The Morgan fingerprint density at radius 3 is 2.56 bits per heavy atom. The molecule has 1 aromatic carbocycles. The Hall–Kier alpha value is -2.20. The average molecular weight is 490 g/mol. The van der Waals surface area contributed by atoms with Gasteiger partial charge < -0.3 is 10.4 Å². The number of benzene rings is 1. The van der Waals surface area contributed by atoms with Crippen LogP contribution in [-0.2, 0) is 9.59 Å². The second-order valence-corrected chi connectivity index (χ2v) is 12.0. The van der Waals surface area contributed by atoms with Crippen molar-refractivity contribution >= 4 is 17.3 Å². The van der Waals surface area contributed by atoms with Gasteiger partial charge in [0.1, 0.15) is 5.78 Å². The zero-order chi connectivity index (χ0) is 25.3. The summed E-state index contributed by atoms with van der Waals surface area (Å²) in [5.74, 6) is 2.28. The number of aliphatic hydroxyl groups excluding tert-OH is 1. The number of fused-ring (bicyclic) bond motifs is 4. The van der Waals surface area contributed by atoms with Gasteiger partial charge >= 0.3 is 0 Å². The van der Waals surface area contributed by atoms with E-state index in [1.54, 1.807) is 12.5 Å². The average Bonchev–Trinajstić information content (AvgIpc) is 3.23. The van der Waals surface area contributed by atoms with Crippen LogP contribution in [0.4, 0.5) is 5.69 Å². The van der Waals surface area contributed by atoms with Crippen LogP contribution in [0.2, 0.25) is 0 Å². The molecule has 2 saturated carbocycles. The van der Waals surface area contributed by atoms with Gasteiger partial charge in [-0.1, -0.05) is 37.5 Å². The van der Waals surface area contributed by atoms with Crippen LogP contribution in [0.25, 0.3) is 0 Å². The summed E-state index contributed by atoms with van der Waals surface area (Å²) in [4.78, 5) is 24.9. The van der Waals surface area contributed by atoms with Crippen molar-refractivity contribution in [2.45, 2.75) is 90.4 Å². The molecule has 4 heteroatoms. The molecule has 4 nitrogen and oxygen atoms in total. The van der Waals surface area contributed by atoms with Crippen LogP contribution in [0.5, 0.6) is 0 Å². The van der Waals surface area contributed by atoms with Gasteiger partial charge in [0.15, 0.2) is 5.78 Å². The predicted molar refractivity (Wildman–Crippen MR) is 145 cm³/mol. The molecule has 4 aliphatic rings. The van der Waals surface area contributed by atoms with Crippen molar-refractivity contribution in [3.8, 4) is 0 Å². The summed E-state index contributed by atoms with van der Waals surface area (Å²) in [5, 5.41) is 12.5. The van der Waals surface area contributed by atoms with E-state index in [-0.39, 0.29) is 23.7 Å². The van der Waals surface area contributed by atoms with Crippen LogP contribution in [0.1, 0.15) is 96.0 Å². The zero-order valence-electron chi connectivity index (χ0n) is 22.2. The van der Waals surface area contributed by atoms with Crippen LogP contribution in [0, 0.1) is 23.2 Å². The number of Topliss-reactive ketones (excluding diaryl/α,β-unsaturated/α-hetero) is 1. The van der Waals surface area contributed by atoms with Crippen molar-refractivity contribution in [3.63, 3.8) is 0 Å². The molecule has 0 bridgehead atoms. The third kappa shape index (κ3) is 4.74. The molecular formula is C32H43NO3. The minimum Gasteiger partial charge on any atom is -0.396 e. The van der Waals surface area contributed by atoms with Gasteiger partial charge in [-0.05, 0) is 110 Å². The molecule has 1 aromatic rings. The van der Waals surface area contributed by atoms with Crippen molar-refractivity contribution < 1.29 is 14.7 Å². The van der Waals surface area contributed by atoms with Crippen molar-refractivity contribution in [2.75, 3.05) is 18.5 Å². The van der Waals surface area contributed by atoms with E-state index in [9.17, 15) is 9.59 Å². The first-order valence-corrected chi connectivity index (χ1v) is 14.3. The molecule has 0 heterocycles. The Morgan fingerprint density at radius 2 is 1.81 bits per heavy atom. The molecule has 2 unspecified atom stereocenters. The number of unbranched alkanes of at least 4 members (excludes halogenated alkanes) is 3. The molecule has 2 N–H and O–H groups in total. The topological polar surface area (TPSA) is 66.4 Å². The maximum Gasteiger partial charge on any atom is 0.156 e. The molecule has 0 aliphatic heterocycles.